The monoisotopic (exact) mass is 271 g/mol. The molecule has 1 saturated heterocycles. The quantitative estimate of drug-likeness (QED) is 0.799. The number of hydrogen-bond donors (Lipinski definition) is 1. The summed E-state index contributed by atoms with van der Waals surface area (Å²) < 4.78 is 5.32. The van der Waals surface area contributed by atoms with E-state index in [-0.39, 0.29) is 11.6 Å². The third-order valence-electron chi connectivity index (χ3n) is 4.23. The topological polar surface area (TPSA) is 58.8 Å². The Labute approximate surface area is 117 Å². The summed E-state index contributed by atoms with van der Waals surface area (Å²) in [5, 5.41) is 0. The van der Waals surface area contributed by atoms with Crippen molar-refractivity contribution in [2.24, 2.45) is 5.73 Å². The molecule has 0 saturated carbocycles. The highest BCUT2D eigenvalue weighted by molar-refractivity contribution is 5.75. The summed E-state index contributed by atoms with van der Waals surface area (Å²) in [7, 11) is 0. The Morgan fingerprint density at radius 3 is 2.26 bits per heavy atom. The fourth-order valence-electron chi connectivity index (χ4n) is 2.72. The van der Waals surface area contributed by atoms with Crippen molar-refractivity contribution in [3.8, 4) is 0 Å². The number of urea groups is 1. The smallest absolute Gasteiger partial charge is 0.320 e. The van der Waals surface area contributed by atoms with Crippen LogP contribution in [0.3, 0.4) is 0 Å². The maximum atomic E-state index is 12.8. The van der Waals surface area contributed by atoms with Gasteiger partial charge < -0.3 is 20.3 Å². The number of nitrogens with zero attached hydrogens (tertiary/aromatic N) is 2. The van der Waals surface area contributed by atoms with Gasteiger partial charge in [0.2, 0.25) is 0 Å². The second-order valence-corrected chi connectivity index (χ2v) is 5.17. The first-order valence-corrected chi connectivity index (χ1v) is 7.49. The van der Waals surface area contributed by atoms with Gasteiger partial charge in [0.15, 0.2) is 0 Å². The van der Waals surface area contributed by atoms with Crippen LogP contribution in [0.4, 0.5) is 4.79 Å². The number of carbonyl (C=O) groups is 1. The minimum Gasteiger partial charge on any atom is -0.378 e. The molecule has 0 aliphatic carbocycles. The van der Waals surface area contributed by atoms with Crippen LogP contribution < -0.4 is 5.73 Å². The first-order chi connectivity index (χ1) is 9.15. The summed E-state index contributed by atoms with van der Waals surface area (Å²) in [6.07, 6.45) is 2.75. The average Bonchev–Trinajstić information content (AvgIpc) is 2.48. The van der Waals surface area contributed by atoms with Crippen LogP contribution in [-0.4, -0.2) is 60.8 Å². The van der Waals surface area contributed by atoms with Crippen LogP contribution >= 0.6 is 0 Å². The molecule has 2 N–H and O–H groups in total. The molecule has 5 heteroatoms. The zero-order valence-corrected chi connectivity index (χ0v) is 12.7. The summed E-state index contributed by atoms with van der Waals surface area (Å²) >= 11 is 0. The maximum Gasteiger partial charge on any atom is 0.320 e. The lowest BCUT2D eigenvalue weighted by Gasteiger charge is -2.45. The zero-order valence-electron chi connectivity index (χ0n) is 12.7. The highest BCUT2D eigenvalue weighted by Crippen LogP contribution is 2.25. The molecule has 112 valence electrons. The van der Waals surface area contributed by atoms with E-state index in [0.29, 0.717) is 32.8 Å². The van der Waals surface area contributed by atoms with Gasteiger partial charge in [-0.3, -0.25) is 0 Å². The Hall–Kier alpha value is -0.810. The predicted octanol–water partition coefficient (Wildman–Crippen LogP) is 1.67. The van der Waals surface area contributed by atoms with E-state index < -0.39 is 0 Å². The molecule has 1 aliphatic rings. The fraction of sp³-hybridized carbons (Fsp3) is 0.929. The third-order valence-corrected chi connectivity index (χ3v) is 4.23. The van der Waals surface area contributed by atoms with E-state index in [9.17, 15) is 4.79 Å². The van der Waals surface area contributed by atoms with Crippen molar-refractivity contribution in [1.82, 2.24) is 9.80 Å². The van der Waals surface area contributed by atoms with Gasteiger partial charge in [-0.1, -0.05) is 20.8 Å². The van der Waals surface area contributed by atoms with E-state index in [0.717, 1.165) is 25.8 Å². The summed E-state index contributed by atoms with van der Waals surface area (Å²) in [5.74, 6) is 0. The van der Waals surface area contributed by atoms with Gasteiger partial charge in [-0.25, -0.2) is 4.79 Å². The molecule has 0 radical (unpaired) electrons. The number of hydrogen-bond acceptors (Lipinski definition) is 3. The van der Waals surface area contributed by atoms with Crippen LogP contribution in [-0.2, 0) is 4.74 Å². The Bertz CT molecular complexity index is 266. The van der Waals surface area contributed by atoms with Gasteiger partial charge in [0.1, 0.15) is 0 Å². The molecule has 2 amide bonds. The van der Waals surface area contributed by atoms with Gasteiger partial charge in [-0.05, 0) is 19.3 Å². The Morgan fingerprint density at radius 1 is 1.26 bits per heavy atom. The SMILES string of the molecule is CCCN(C(=O)N1CCOCC1)C(CC)(CC)CN. The van der Waals surface area contributed by atoms with Gasteiger partial charge in [0, 0.05) is 26.2 Å². The summed E-state index contributed by atoms with van der Waals surface area (Å²) in [5.41, 5.74) is 5.79. The Balaban J connectivity index is 2.87. The molecule has 1 heterocycles. The van der Waals surface area contributed by atoms with Gasteiger partial charge in [0.05, 0.1) is 18.8 Å². The molecular formula is C14H29N3O2. The minimum absolute atomic E-state index is 0.124. The molecule has 0 bridgehead atoms. The van der Waals surface area contributed by atoms with Crippen LogP contribution in [0.2, 0.25) is 0 Å². The minimum atomic E-state index is -0.203. The Kier molecular flexibility index (Phi) is 6.58. The van der Waals surface area contributed by atoms with Crippen LogP contribution in [0.15, 0.2) is 0 Å². The van der Waals surface area contributed by atoms with Crippen molar-refractivity contribution >= 4 is 6.03 Å². The first kappa shape index (κ1) is 16.2. The van der Waals surface area contributed by atoms with Crippen molar-refractivity contribution in [3.05, 3.63) is 0 Å². The van der Waals surface area contributed by atoms with E-state index in [1.54, 1.807) is 0 Å². The second-order valence-electron chi connectivity index (χ2n) is 5.17. The van der Waals surface area contributed by atoms with Crippen molar-refractivity contribution in [2.75, 3.05) is 39.4 Å². The molecule has 0 aromatic heterocycles. The number of amides is 2. The van der Waals surface area contributed by atoms with Gasteiger partial charge >= 0.3 is 6.03 Å². The highest BCUT2D eigenvalue weighted by atomic mass is 16.5. The van der Waals surface area contributed by atoms with Gasteiger partial charge in [-0.2, -0.15) is 0 Å². The average molecular weight is 271 g/mol. The number of nitrogens with two attached hydrogens (primary N) is 1. The third kappa shape index (κ3) is 3.60. The van der Waals surface area contributed by atoms with Crippen molar-refractivity contribution in [1.29, 1.82) is 0 Å². The summed E-state index contributed by atoms with van der Waals surface area (Å²) in [6.45, 7) is 10.3. The predicted molar refractivity (Wildman–Crippen MR) is 77.2 cm³/mol. The summed E-state index contributed by atoms with van der Waals surface area (Å²) in [6, 6.07) is 0.124. The number of rotatable bonds is 6. The molecule has 1 fully saturated rings. The van der Waals surface area contributed by atoms with Gasteiger partial charge in [-0.15, -0.1) is 0 Å². The molecule has 1 rings (SSSR count). The fourth-order valence-corrected chi connectivity index (χ4v) is 2.72. The van der Waals surface area contributed by atoms with E-state index >= 15 is 0 Å². The largest absolute Gasteiger partial charge is 0.378 e. The molecule has 0 aromatic rings. The molecule has 0 aromatic carbocycles. The second kappa shape index (κ2) is 7.70. The number of ether oxygens (including phenoxy) is 1. The lowest BCUT2D eigenvalue weighted by atomic mass is 9.90. The lowest BCUT2D eigenvalue weighted by molar-refractivity contribution is 0.0261. The van der Waals surface area contributed by atoms with Gasteiger partial charge in [0.25, 0.3) is 0 Å². The molecule has 1 aliphatic heterocycles. The molecular weight excluding hydrogens is 242 g/mol. The highest BCUT2D eigenvalue weighted by Gasteiger charge is 2.37. The van der Waals surface area contributed by atoms with Crippen molar-refractivity contribution < 1.29 is 9.53 Å². The van der Waals surface area contributed by atoms with Crippen molar-refractivity contribution in [2.45, 2.75) is 45.6 Å². The summed E-state index contributed by atoms with van der Waals surface area (Å²) in [4.78, 5) is 16.6. The number of carbonyl (C=O) groups excluding carboxylic acids is 1. The molecule has 0 spiro atoms. The Morgan fingerprint density at radius 2 is 1.84 bits per heavy atom. The van der Waals surface area contributed by atoms with Crippen LogP contribution in [0, 0.1) is 0 Å². The van der Waals surface area contributed by atoms with E-state index in [1.807, 2.05) is 9.80 Å². The zero-order chi connectivity index (χ0) is 14.3. The van der Waals surface area contributed by atoms with Crippen LogP contribution in [0.5, 0.6) is 0 Å². The number of morpholine rings is 1. The van der Waals surface area contributed by atoms with Crippen LogP contribution in [0.25, 0.3) is 0 Å². The first-order valence-electron chi connectivity index (χ1n) is 7.49. The van der Waals surface area contributed by atoms with Crippen LogP contribution in [0.1, 0.15) is 40.0 Å². The maximum absolute atomic E-state index is 12.8. The molecule has 0 unspecified atom stereocenters. The molecule has 5 nitrogen and oxygen atoms in total. The van der Waals surface area contributed by atoms with E-state index in [4.69, 9.17) is 10.5 Å². The molecule has 0 atom stereocenters. The van der Waals surface area contributed by atoms with E-state index in [2.05, 4.69) is 20.8 Å². The normalized spacial score (nSPS) is 16.5. The van der Waals surface area contributed by atoms with E-state index in [1.165, 1.54) is 0 Å². The molecule has 19 heavy (non-hydrogen) atoms. The standard InChI is InChI=1S/C14H29N3O2/c1-4-7-17(14(5-2,6-3)12-15)13(18)16-8-10-19-11-9-16/h4-12,15H2,1-3H3. The lowest BCUT2D eigenvalue weighted by Crippen LogP contribution is -2.60. The van der Waals surface area contributed by atoms with Crippen molar-refractivity contribution in [3.63, 3.8) is 0 Å².